The molecule has 2 fully saturated rings. The van der Waals surface area contributed by atoms with Gasteiger partial charge < -0.3 is 15.0 Å². The smallest absolute Gasteiger partial charge is 0.376 e. The number of alkyl halides is 3. The van der Waals surface area contributed by atoms with Gasteiger partial charge in [-0.1, -0.05) is 11.8 Å². The van der Waals surface area contributed by atoms with Crippen LogP contribution >= 0.6 is 11.8 Å². The molecule has 0 radical (unpaired) electrons. The van der Waals surface area contributed by atoms with E-state index in [4.69, 9.17) is 4.74 Å². The van der Waals surface area contributed by atoms with Crippen LogP contribution in [0.3, 0.4) is 0 Å². The van der Waals surface area contributed by atoms with Gasteiger partial charge in [-0.25, -0.2) is 0 Å². The van der Waals surface area contributed by atoms with Crippen molar-refractivity contribution in [2.75, 3.05) is 35.7 Å². The first kappa shape index (κ1) is 22.9. The largest absolute Gasteiger partial charge is 0.416 e. The van der Waals surface area contributed by atoms with Gasteiger partial charge in [-0.15, -0.1) is 10.2 Å². The lowest BCUT2D eigenvalue weighted by Crippen LogP contribution is -2.33. The van der Waals surface area contributed by atoms with Crippen molar-refractivity contribution in [3.8, 4) is 0 Å². The minimum atomic E-state index is -4.41. The number of carbonyl (C=O) groups excluding carboxylic acids is 1. The molecule has 1 unspecified atom stereocenters. The molecule has 0 spiro atoms. The predicted octanol–water partition coefficient (Wildman–Crippen LogP) is 4.20. The van der Waals surface area contributed by atoms with Crippen LogP contribution in [0.1, 0.15) is 37.7 Å². The van der Waals surface area contributed by atoms with Gasteiger partial charge in [-0.3, -0.25) is 9.36 Å². The SMILES string of the molecule is O=C(CSc1nnc(N2CCCCC2)n1CC1CCCO1)Nc1ccc(C(F)(F)F)cc1. The summed E-state index contributed by atoms with van der Waals surface area (Å²) in [7, 11) is 0. The third-order valence-electron chi connectivity index (χ3n) is 5.57. The number of carbonyl (C=O) groups is 1. The molecule has 1 N–H and O–H groups in total. The number of ether oxygens (including phenoxy) is 1. The predicted molar refractivity (Wildman–Crippen MR) is 116 cm³/mol. The number of nitrogens with one attached hydrogen (secondary N) is 1. The van der Waals surface area contributed by atoms with E-state index in [9.17, 15) is 18.0 Å². The third kappa shape index (κ3) is 5.74. The van der Waals surface area contributed by atoms with Crippen LogP contribution in [0.25, 0.3) is 0 Å². The van der Waals surface area contributed by atoms with E-state index in [1.54, 1.807) is 0 Å². The first-order chi connectivity index (χ1) is 15.4. The molecule has 11 heteroatoms. The second-order valence-corrected chi connectivity index (χ2v) is 8.93. The molecule has 1 aromatic heterocycles. The number of halogens is 3. The van der Waals surface area contributed by atoms with E-state index in [2.05, 4.69) is 20.4 Å². The number of hydrogen-bond acceptors (Lipinski definition) is 6. The molecule has 1 atom stereocenters. The molecule has 32 heavy (non-hydrogen) atoms. The normalized spacial score (nSPS) is 19.3. The minimum Gasteiger partial charge on any atom is -0.376 e. The maximum atomic E-state index is 12.7. The first-order valence-electron chi connectivity index (χ1n) is 10.8. The Balaban J connectivity index is 1.40. The highest BCUT2D eigenvalue weighted by molar-refractivity contribution is 7.99. The van der Waals surface area contributed by atoms with Gasteiger partial charge in [0.25, 0.3) is 0 Å². The summed E-state index contributed by atoms with van der Waals surface area (Å²) < 4.78 is 45.9. The zero-order valence-corrected chi connectivity index (χ0v) is 18.4. The van der Waals surface area contributed by atoms with Crippen molar-refractivity contribution in [1.82, 2.24) is 14.8 Å². The number of amides is 1. The summed E-state index contributed by atoms with van der Waals surface area (Å²) in [6, 6.07) is 4.40. The standard InChI is InChI=1S/C21H26F3N5O2S/c22-21(23,24)15-6-8-16(9-7-15)25-18(30)14-32-20-27-26-19(28-10-2-1-3-11-28)29(20)13-17-5-4-12-31-17/h6-9,17H,1-5,10-14H2,(H,25,30). The number of nitrogens with zero attached hydrogens (tertiary/aromatic N) is 4. The van der Waals surface area contributed by atoms with Crippen LogP contribution in [0.2, 0.25) is 0 Å². The molecule has 7 nitrogen and oxygen atoms in total. The number of piperidine rings is 1. The Hall–Kier alpha value is -2.27. The van der Waals surface area contributed by atoms with Crippen LogP contribution in [0, 0.1) is 0 Å². The Kier molecular flexibility index (Phi) is 7.24. The zero-order valence-electron chi connectivity index (χ0n) is 17.6. The molecule has 2 aromatic rings. The molecular weight excluding hydrogens is 443 g/mol. The highest BCUT2D eigenvalue weighted by Gasteiger charge is 2.30. The molecule has 4 rings (SSSR count). The van der Waals surface area contributed by atoms with Crippen molar-refractivity contribution in [3.05, 3.63) is 29.8 Å². The molecule has 3 heterocycles. The van der Waals surface area contributed by atoms with E-state index in [1.165, 1.54) is 30.3 Å². The number of thioether (sulfide) groups is 1. The molecular formula is C21H26F3N5O2S. The van der Waals surface area contributed by atoms with Gasteiger partial charge in [-0.05, 0) is 56.4 Å². The average Bonchev–Trinajstić information content (AvgIpc) is 3.43. The van der Waals surface area contributed by atoms with Crippen molar-refractivity contribution >= 4 is 29.3 Å². The maximum Gasteiger partial charge on any atom is 0.416 e. The molecule has 0 aliphatic carbocycles. The molecule has 1 amide bonds. The highest BCUT2D eigenvalue weighted by atomic mass is 32.2. The van der Waals surface area contributed by atoms with Crippen LogP contribution in [0.4, 0.5) is 24.8 Å². The Labute approximate surface area is 188 Å². The van der Waals surface area contributed by atoms with Gasteiger partial charge in [0.2, 0.25) is 11.9 Å². The Morgan fingerprint density at radius 1 is 1.12 bits per heavy atom. The first-order valence-corrected chi connectivity index (χ1v) is 11.8. The van der Waals surface area contributed by atoms with Crippen molar-refractivity contribution in [2.24, 2.45) is 0 Å². The van der Waals surface area contributed by atoms with Crippen molar-refractivity contribution in [2.45, 2.75) is 56.1 Å². The summed E-state index contributed by atoms with van der Waals surface area (Å²) >= 11 is 1.27. The van der Waals surface area contributed by atoms with Crippen LogP contribution in [0.15, 0.2) is 29.4 Å². The number of rotatable bonds is 7. The van der Waals surface area contributed by atoms with Gasteiger partial charge in [-0.2, -0.15) is 13.2 Å². The van der Waals surface area contributed by atoms with Gasteiger partial charge in [0, 0.05) is 25.4 Å². The zero-order chi connectivity index (χ0) is 22.6. The van der Waals surface area contributed by atoms with E-state index in [0.29, 0.717) is 17.4 Å². The number of hydrogen-bond donors (Lipinski definition) is 1. The molecule has 1 aromatic carbocycles. The lowest BCUT2D eigenvalue weighted by molar-refractivity contribution is -0.137. The van der Waals surface area contributed by atoms with Crippen LogP contribution in [-0.2, 0) is 22.3 Å². The second kappa shape index (κ2) is 10.1. The summed E-state index contributed by atoms with van der Waals surface area (Å²) in [6.07, 6.45) is 1.16. The second-order valence-electron chi connectivity index (χ2n) is 7.99. The van der Waals surface area contributed by atoms with E-state index in [0.717, 1.165) is 63.5 Å². The average molecular weight is 470 g/mol. The third-order valence-corrected chi connectivity index (χ3v) is 6.54. The van der Waals surface area contributed by atoms with Gasteiger partial charge in [0.05, 0.1) is 24.0 Å². The lowest BCUT2D eigenvalue weighted by Gasteiger charge is -2.28. The van der Waals surface area contributed by atoms with Gasteiger partial charge >= 0.3 is 6.18 Å². The van der Waals surface area contributed by atoms with Crippen LogP contribution in [-0.4, -0.2) is 52.2 Å². The summed E-state index contributed by atoms with van der Waals surface area (Å²) in [5.74, 6) is 0.566. The molecule has 0 saturated carbocycles. The monoisotopic (exact) mass is 469 g/mol. The van der Waals surface area contributed by atoms with Crippen molar-refractivity contribution < 1.29 is 22.7 Å². The van der Waals surface area contributed by atoms with Gasteiger partial charge in [0.15, 0.2) is 5.16 Å². The van der Waals surface area contributed by atoms with Gasteiger partial charge in [0.1, 0.15) is 0 Å². The van der Waals surface area contributed by atoms with Crippen LogP contribution in [0.5, 0.6) is 0 Å². The number of benzene rings is 1. The maximum absolute atomic E-state index is 12.7. The number of aromatic nitrogens is 3. The van der Waals surface area contributed by atoms with E-state index in [1.807, 2.05) is 4.57 Å². The summed E-state index contributed by atoms with van der Waals surface area (Å²) in [5.41, 5.74) is -0.434. The van der Waals surface area contributed by atoms with Crippen LogP contribution < -0.4 is 10.2 Å². The van der Waals surface area contributed by atoms with E-state index < -0.39 is 11.7 Å². The number of anilines is 2. The summed E-state index contributed by atoms with van der Waals surface area (Å²) in [4.78, 5) is 14.6. The van der Waals surface area contributed by atoms with Crippen molar-refractivity contribution in [1.29, 1.82) is 0 Å². The highest BCUT2D eigenvalue weighted by Crippen LogP contribution is 2.30. The minimum absolute atomic E-state index is 0.0741. The van der Waals surface area contributed by atoms with E-state index >= 15 is 0 Å². The van der Waals surface area contributed by atoms with Crippen molar-refractivity contribution in [3.63, 3.8) is 0 Å². The Morgan fingerprint density at radius 2 is 1.88 bits per heavy atom. The quantitative estimate of drug-likeness (QED) is 0.613. The lowest BCUT2D eigenvalue weighted by atomic mass is 10.1. The van der Waals surface area contributed by atoms with E-state index in [-0.39, 0.29) is 17.8 Å². The fraction of sp³-hybridized carbons (Fsp3) is 0.571. The molecule has 2 aliphatic rings. The topological polar surface area (TPSA) is 72.3 Å². The fourth-order valence-corrected chi connectivity index (χ4v) is 4.68. The fourth-order valence-electron chi connectivity index (χ4n) is 3.94. The Morgan fingerprint density at radius 3 is 2.53 bits per heavy atom. The molecule has 174 valence electrons. The summed E-state index contributed by atoms with van der Waals surface area (Å²) in [6.45, 7) is 3.26. The summed E-state index contributed by atoms with van der Waals surface area (Å²) in [5, 5.41) is 12.0. The molecule has 2 saturated heterocycles. The Bertz CT molecular complexity index is 907. The molecule has 2 aliphatic heterocycles. The molecule has 0 bridgehead atoms.